The zero-order valence-corrected chi connectivity index (χ0v) is 6.62. The van der Waals surface area contributed by atoms with Gasteiger partial charge in [0.1, 0.15) is 0 Å². The van der Waals surface area contributed by atoms with E-state index in [9.17, 15) is 4.79 Å². The molecule has 0 unspecified atom stereocenters. The highest BCUT2D eigenvalue weighted by atomic mass is 35.5. The van der Waals surface area contributed by atoms with E-state index < -0.39 is 5.97 Å². The van der Waals surface area contributed by atoms with Crippen LogP contribution in [0.4, 0.5) is 0 Å². The summed E-state index contributed by atoms with van der Waals surface area (Å²) in [6, 6.07) is 6.25. The Labute approximate surface area is 73.1 Å². The Bertz CT molecular complexity index is 286. The fourth-order valence-corrected chi connectivity index (χ4v) is 0.918. The minimum absolute atomic E-state index is 0.133. The summed E-state index contributed by atoms with van der Waals surface area (Å²) in [6.45, 7) is 0. The van der Waals surface area contributed by atoms with Crippen LogP contribution in [-0.4, -0.2) is 11.2 Å². The summed E-state index contributed by atoms with van der Waals surface area (Å²) in [7, 11) is 0. The van der Waals surface area contributed by atoms with Gasteiger partial charge in [-0.3, -0.25) is 4.89 Å². The van der Waals surface area contributed by atoms with Gasteiger partial charge in [-0.1, -0.05) is 23.7 Å². The number of halogens is 1. The van der Waals surface area contributed by atoms with Crippen molar-refractivity contribution in [3.05, 3.63) is 34.9 Å². The van der Waals surface area contributed by atoms with Crippen LogP contribution in [0.5, 0.6) is 0 Å². The largest absolute Gasteiger partial charge is 0.377 e. The topological polar surface area (TPSA) is 55.8 Å². The summed E-state index contributed by atoms with van der Waals surface area (Å²) in [5, 5.41) is 11.2. The predicted octanol–water partition coefficient (Wildman–Crippen LogP) is 1.90. The molecule has 0 aliphatic rings. The van der Waals surface area contributed by atoms with Crippen LogP contribution in [0.1, 0.15) is 10.4 Å². The van der Waals surface area contributed by atoms with E-state index in [4.69, 9.17) is 16.9 Å². The average molecular weight is 189 g/mol. The number of carbonyl (C=O) groups is 1. The van der Waals surface area contributed by atoms with E-state index in [-0.39, 0.29) is 10.6 Å². The van der Waals surface area contributed by atoms with Gasteiger partial charge in [-0.2, -0.15) is 0 Å². The van der Waals surface area contributed by atoms with E-state index in [1.165, 1.54) is 12.1 Å². The Hall–Kier alpha value is -1.10. The Balaban J connectivity index is 2.87. The van der Waals surface area contributed by atoms with Gasteiger partial charge in [0, 0.05) is 0 Å². The van der Waals surface area contributed by atoms with Crippen molar-refractivity contribution in [2.24, 2.45) is 0 Å². The molecule has 1 N–H and O–H groups in total. The summed E-state index contributed by atoms with van der Waals surface area (Å²) in [4.78, 5) is 14.7. The number of hydrogen-bond donors (Lipinski definition) is 1. The maximum atomic E-state index is 10.9. The van der Waals surface area contributed by atoms with Gasteiger partial charge in [0.15, 0.2) is 0 Å². The molecule has 1 rings (SSSR count). The molecule has 0 saturated heterocycles. The second-order valence-corrected chi connectivity index (χ2v) is 2.33. The van der Waals surface area contributed by atoms with Gasteiger partial charge in [0.2, 0.25) is 0 Å². The normalized spacial score (nSPS) is 9.50. The lowest BCUT2D eigenvalue weighted by Crippen LogP contribution is -2.04. The fraction of sp³-hybridized carbons (Fsp3) is 0. The molecule has 0 radical (unpaired) electrons. The third-order valence-electron chi connectivity index (χ3n) is 1.21. The van der Waals surface area contributed by atoms with Gasteiger partial charge in [0.25, 0.3) is 0 Å². The van der Waals surface area contributed by atoms with Crippen LogP contribution in [0.2, 0.25) is 5.02 Å². The second kappa shape index (κ2) is 4.06. The average Bonchev–Trinajstić information content (AvgIpc) is 2.05. The molecule has 4 nitrogen and oxygen atoms in total. The van der Waals surface area contributed by atoms with Crippen LogP contribution in [0.15, 0.2) is 24.3 Å². The van der Waals surface area contributed by atoms with Crippen LogP contribution in [-0.2, 0) is 9.93 Å². The number of benzene rings is 1. The van der Waals surface area contributed by atoms with Gasteiger partial charge in [0.05, 0.1) is 10.6 Å². The first kappa shape index (κ1) is 8.99. The van der Waals surface area contributed by atoms with Crippen molar-refractivity contribution in [1.82, 2.24) is 0 Å². The molecule has 0 amide bonds. The van der Waals surface area contributed by atoms with Crippen LogP contribution < -0.4 is 0 Å². The quantitative estimate of drug-likeness (QED) is 0.569. The zero-order valence-electron chi connectivity index (χ0n) is 5.86. The smallest absolute Gasteiger partial charge is 0.263 e. The first-order valence-corrected chi connectivity index (χ1v) is 3.40. The minimum Gasteiger partial charge on any atom is -0.263 e. The van der Waals surface area contributed by atoms with Crippen molar-refractivity contribution in [2.45, 2.75) is 0 Å². The summed E-state index contributed by atoms with van der Waals surface area (Å²) < 4.78 is 0. The van der Waals surface area contributed by atoms with Gasteiger partial charge in [-0.25, -0.2) is 10.1 Å². The summed E-state index contributed by atoms with van der Waals surface area (Å²) >= 11 is 5.62. The van der Waals surface area contributed by atoms with Crippen molar-refractivity contribution < 1.29 is 20.0 Å². The maximum absolute atomic E-state index is 10.9. The molecule has 0 spiro atoms. The Morgan fingerprint density at radius 3 is 2.67 bits per heavy atom. The van der Waals surface area contributed by atoms with Crippen molar-refractivity contribution >= 4 is 17.6 Å². The van der Waals surface area contributed by atoms with Crippen molar-refractivity contribution in [3.63, 3.8) is 0 Å². The zero-order chi connectivity index (χ0) is 8.97. The lowest BCUT2D eigenvalue weighted by Gasteiger charge is -1.98. The van der Waals surface area contributed by atoms with Crippen LogP contribution in [0, 0.1) is 0 Å². The van der Waals surface area contributed by atoms with Crippen LogP contribution >= 0.6 is 11.6 Å². The summed E-state index contributed by atoms with van der Waals surface area (Å²) in [5.74, 6) is -0.844. The molecule has 0 heterocycles. The minimum atomic E-state index is -0.844. The van der Waals surface area contributed by atoms with E-state index in [0.29, 0.717) is 0 Å². The number of rotatable bonds is 2. The van der Waals surface area contributed by atoms with Crippen LogP contribution in [0.25, 0.3) is 0 Å². The highest BCUT2D eigenvalue weighted by Gasteiger charge is 2.11. The first-order chi connectivity index (χ1) is 5.75. The third kappa shape index (κ3) is 1.94. The first-order valence-electron chi connectivity index (χ1n) is 3.02. The molecule has 12 heavy (non-hydrogen) atoms. The molecule has 5 heteroatoms. The molecule has 0 atom stereocenters. The van der Waals surface area contributed by atoms with Crippen molar-refractivity contribution in [2.75, 3.05) is 0 Å². The molecule has 0 fully saturated rings. The number of hydrogen-bond acceptors (Lipinski definition) is 4. The van der Waals surface area contributed by atoms with Gasteiger partial charge < -0.3 is 0 Å². The SMILES string of the molecule is O=C(OOO)c1ccccc1Cl. The molecule has 0 aliphatic carbocycles. The highest BCUT2D eigenvalue weighted by Crippen LogP contribution is 2.15. The lowest BCUT2D eigenvalue weighted by atomic mass is 10.2. The second-order valence-electron chi connectivity index (χ2n) is 1.93. The Kier molecular flexibility index (Phi) is 3.04. The van der Waals surface area contributed by atoms with Crippen molar-refractivity contribution in [1.29, 1.82) is 0 Å². The van der Waals surface area contributed by atoms with Gasteiger partial charge in [-0.05, 0) is 17.2 Å². The standard InChI is InChI=1S/C7H5ClO4/c8-6-4-2-1-3-5(6)7(9)11-12-10/h1-4,10H. The molecule has 0 saturated carbocycles. The molecular formula is C7H5ClO4. The fourth-order valence-electron chi connectivity index (χ4n) is 0.705. The molecule has 0 bridgehead atoms. The Morgan fingerprint density at radius 2 is 2.08 bits per heavy atom. The van der Waals surface area contributed by atoms with E-state index in [1.807, 2.05) is 0 Å². The van der Waals surface area contributed by atoms with Gasteiger partial charge >= 0.3 is 5.97 Å². The van der Waals surface area contributed by atoms with E-state index in [1.54, 1.807) is 12.1 Å². The van der Waals surface area contributed by atoms with Gasteiger partial charge in [-0.15, -0.1) is 0 Å². The monoisotopic (exact) mass is 188 g/mol. The molecule has 0 aliphatic heterocycles. The maximum Gasteiger partial charge on any atom is 0.377 e. The summed E-state index contributed by atoms with van der Waals surface area (Å²) in [6.07, 6.45) is 0. The highest BCUT2D eigenvalue weighted by molar-refractivity contribution is 6.33. The molecule has 64 valence electrons. The molecule has 0 aromatic heterocycles. The van der Waals surface area contributed by atoms with E-state index in [0.717, 1.165) is 0 Å². The molecule has 1 aromatic carbocycles. The number of carbonyl (C=O) groups excluding carboxylic acids is 1. The predicted molar refractivity (Wildman–Crippen MR) is 40.6 cm³/mol. The van der Waals surface area contributed by atoms with E-state index >= 15 is 0 Å². The summed E-state index contributed by atoms with van der Waals surface area (Å²) in [5.41, 5.74) is 0.133. The third-order valence-corrected chi connectivity index (χ3v) is 1.54. The van der Waals surface area contributed by atoms with Crippen LogP contribution in [0.3, 0.4) is 0 Å². The molecular weight excluding hydrogens is 184 g/mol. The lowest BCUT2D eigenvalue weighted by molar-refractivity contribution is -0.455. The molecule has 1 aromatic rings. The Morgan fingerprint density at radius 1 is 1.42 bits per heavy atom. The van der Waals surface area contributed by atoms with E-state index in [2.05, 4.69) is 9.93 Å². The van der Waals surface area contributed by atoms with Crippen molar-refractivity contribution in [3.8, 4) is 0 Å².